The Bertz CT molecular complexity index is 179. The Kier molecular flexibility index (Phi) is 2.36. The normalized spacial score (nSPS) is 15.8. The molecule has 62 valence electrons. The highest BCUT2D eigenvalue weighted by Crippen LogP contribution is 2.01. The zero-order valence-corrected chi connectivity index (χ0v) is 6.87. The molecular formula is C7H13N3O. The molecule has 0 aromatic carbocycles. The SMILES string of the molecule is CCN1C=CN(NC(C)=O)C1. The summed E-state index contributed by atoms with van der Waals surface area (Å²) in [6.07, 6.45) is 3.81. The van der Waals surface area contributed by atoms with Gasteiger partial charge in [0.05, 0.1) is 0 Å². The van der Waals surface area contributed by atoms with Crippen LogP contribution >= 0.6 is 0 Å². The Balaban J connectivity index is 2.32. The molecule has 0 aromatic heterocycles. The number of nitrogens with one attached hydrogen (secondary N) is 1. The fourth-order valence-corrected chi connectivity index (χ4v) is 0.945. The number of amides is 1. The molecule has 0 aromatic rings. The third-order valence-electron chi connectivity index (χ3n) is 1.50. The van der Waals surface area contributed by atoms with E-state index >= 15 is 0 Å². The molecule has 1 heterocycles. The van der Waals surface area contributed by atoms with Gasteiger partial charge in [-0.25, -0.2) is 0 Å². The summed E-state index contributed by atoms with van der Waals surface area (Å²) in [6.45, 7) is 5.28. The van der Waals surface area contributed by atoms with Crippen LogP contribution in [-0.2, 0) is 4.79 Å². The number of hydrogen-bond acceptors (Lipinski definition) is 3. The van der Waals surface area contributed by atoms with E-state index in [0.29, 0.717) is 0 Å². The second-order valence-electron chi connectivity index (χ2n) is 2.48. The first-order chi connectivity index (χ1) is 5.22. The van der Waals surface area contributed by atoms with Crippen molar-refractivity contribution in [2.24, 2.45) is 0 Å². The predicted molar refractivity (Wildman–Crippen MR) is 42.0 cm³/mol. The van der Waals surface area contributed by atoms with Crippen LogP contribution in [0.1, 0.15) is 13.8 Å². The lowest BCUT2D eigenvalue weighted by Gasteiger charge is -2.19. The zero-order valence-electron chi connectivity index (χ0n) is 6.87. The molecule has 1 amide bonds. The van der Waals surface area contributed by atoms with Gasteiger partial charge in [0.25, 0.3) is 0 Å². The van der Waals surface area contributed by atoms with Gasteiger partial charge in [0, 0.05) is 25.9 Å². The van der Waals surface area contributed by atoms with Gasteiger partial charge < -0.3 is 4.90 Å². The first-order valence-corrected chi connectivity index (χ1v) is 3.68. The first kappa shape index (κ1) is 7.91. The van der Waals surface area contributed by atoms with Crippen LogP contribution in [0.5, 0.6) is 0 Å². The summed E-state index contributed by atoms with van der Waals surface area (Å²) in [5.74, 6) is -0.0346. The van der Waals surface area contributed by atoms with E-state index in [1.165, 1.54) is 6.92 Å². The Morgan fingerprint density at radius 1 is 1.64 bits per heavy atom. The number of rotatable bonds is 2. The zero-order chi connectivity index (χ0) is 8.27. The number of carbonyl (C=O) groups is 1. The average Bonchev–Trinajstić information content (AvgIpc) is 2.34. The lowest BCUT2D eigenvalue weighted by molar-refractivity contribution is -0.122. The van der Waals surface area contributed by atoms with Crippen LogP contribution in [0.4, 0.5) is 0 Å². The van der Waals surface area contributed by atoms with Crippen molar-refractivity contribution in [2.75, 3.05) is 13.2 Å². The minimum Gasteiger partial charge on any atom is -0.357 e. The molecule has 0 atom stereocenters. The minimum absolute atomic E-state index is 0.0346. The van der Waals surface area contributed by atoms with E-state index in [1.807, 2.05) is 12.4 Å². The second-order valence-corrected chi connectivity index (χ2v) is 2.48. The van der Waals surface area contributed by atoms with E-state index in [0.717, 1.165) is 13.2 Å². The lowest BCUT2D eigenvalue weighted by Crippen LogP contribution is -2.38. The van der Waals surface area contributed by atoms with Crippen molar-refractivity contribution < 1.29 is 4.79 Å². The molecule has 1 aliphatic heterocycles. The average molecular weight is 155 g/mol. The highest BCUT2D eigenvalue weighted by atomic mass is 16.2. The van der Waals surface area contributed by atoms with Crippen LogP contribution in [0.2, 0.25) is 0 Å². The topological polar surface area (TPSA) is 35.6 Å². The van der Waals surface area contributed by atoms with Crippen LogP contribution in [0.25, 0.3) is 0 Å². The van der Waals surface area contributed by atoms with Crippen LogP contribution in [0.3, 0.4) is 0 Å². The molecule has 1 aliphatic rings. The Morgan fingerprint density at radius 3 is 2.82 bits per heavy atom. The Labute approximate surface area is 66.4 Å². The van der Waals surface area contributed by atoms with Gasteiger partial charge in [-0.3, -0.25) is 15.2 Å². The molecule has 0 aliphatic carbocycles. The second kappa shape index (κ2) is 3.27. The van der Waals surface area contributed by atoms with Crippen molar-refractivity contribution in [3.8, 4) is 0 Å². The number of carbonyl (C=O) groups excluding carboxylic acids is 1. The smallest absolute Gasteiger partial charge is 0.235 e. The van der Waals surface area contributed by atoms with Crippen LogP contribution in [0, 0.1) is 0 Å². The van der Waals surface area contributed by atoms with Gasteiger partial charge in [-0.05, 0) is 6.92 Å². The van der Waals surface area contributed by atoms with E-state index in [9.17, 15) is 4.79 Å². The molecule has 0 saturated carbocycles. The standard InChI is InChI=1S/C7H13N3O/c1-3-9-4-5-10(6-9)8-7(2)11/h4-5H,3,6H2,1-2H3,(H,8,11). The number of hydrazine groups is 1. The summed E-state index contributed by atoms with van der Waals surface area (Å²) < 4.78 is 0. The minimum atomic E-state index is -0.0346. The lowest BCUT2D eigenvalue weighted by atomic mass is 10.6. The maximum Gasteiger partial charge on any atom is 0.235 e. The quantitative estimate of drug-likeness (QED) is 0.614. The summed E-state index contributed by atoms with van der Waals surface area (Å²) in [4.78, 5) is 12.7. The molecule has 11 heavy (non-hydrogen) atoms. The highest BCUT2D eigenvalue weighted by Gasteiger charge is 2.09. The van der Waals surface area contributed by atoms with Crippen molar-refractivity contribution in [3.05, 3.63) is 12.4 Å². The van der Waals surface area contributed by atoms with E-state index in [1.54, 1.807) is 5.01 Å². The summed E-state index contributed by atoms with van der Waals surface area (Å²) in [6, 6.07) is 0. The highest BCUT2D eigenvalue weighted by molar-refractivity contribution is 5.72. The van der Waals surface area contributed by atoms with Crippen molar-refractivity contribution >= 4 is 5.91 Å². The molecule has 1 N–H and O–H groups in total. The third-order valence-corrected chi connectivity index (χ3v) is 1.50. The van der Waals surface area contributed by atoms with Gasteiger partial charge in [-0.2, -0.15) is 0 Å². The molecule has 0 bridgehead atoms. The summed E-state index contributed by atoms with van der Waals surface area (Å²) in [5, 5.41) is 1.76. The fourth-order valence-electron chi connectivity index (χ4n) is 0.945. The van der Waals surface area contributed by atoms with Gasteiger partial charge in [-0.1, -0.05) is 0 Å². The molecule has 0 unspecified atom stereocenters. The summed E-state index contributed by atoms with van der Waals surface area (Å²) in [7, 11) is 0. The Morgan fingerprint density at radius 2 is 2.36 bits per heavy atom. The number of nitrogens with zero attached hydrogens (tertiary/aromatic N) is 2. The van der Waals surface area contributed by atoms with Gasteiger partial charge in [0.2, 0.25) is 5.91 Å². The van der Waals surface area contributed by atoms with Gasteiger partial charge in [0.1, 0.15) is 6.67 Å². The van der Waals surface area contributed by atoms with Gasteiger partial charge in [0.15, 0.2) is 0 Å². The van der Waals surface area contributed by atoms with Crippen LogP contribution < -0.4 is 5.43 Å². The van der Waals surface area contributed by atoms with E-state index in [-0.39, 0.29) is 5.91 Å². The largest absolute Gasteiger partial charge is 0.357 e. The van der Waals surface area contributed by atoms with Crippen molar-refractivity contribution in [1.82, 2.24) is 15.3 Å². The van der Waals surface area contributed by atoms with Crippen LogP contribution in [0.15, 0.2) is 12.4 Å². The molecule has 0 fully saturated rings. The maximum atomic E-state index is 10.6. The molecular weight excluding hydrogens is 142 g/mol. The summed E-state index contributed by atoms with van der Waals surface area (Å²) in [5.41, 5.74) is 2.67. The first-order valence-electron chi connectivity index (χ1n) is 3.68. The van der Waals surface area contributed by atoms with E-state index in [2.05, 4.69) is 17.2 Å². The molecule has 4 nitrogen and oxygen atoms in total. The molecule has 0 saturated heterocycles. The maximum absolute atomic E-state index is 10.6. The third kappa shape index (κ3) is 2.14. The van der Waals surface area contributed by atoms with Crippen molar-refractivity contribution in [3.63, 3.8) is 0 Å². The van der Waals surface area contributed by atoms with E-state index < -0.39 is 0 Å². The Hall–Kier alpha value is -1.19. The fraction of sp³-hybridized carbons (Fsp3) is 0.571. The number of hydrogen-bond donors (Lipinski definition) is 1. The van der Waals surface area contributed by atoms with Gasteiger partial charge >= 0.3 is 0 Å². The molecule has 0 spiro atoms. The van der Waals surface area contributed by atoms with Gasteiger partial charge in [-0.15, -0.1) is 0 Å². The molecule has 0 radical (unpaired) electrons. The monoisotopic (exact) mass is 155 g/mol. The summed E-state index contributed by atoms with van der Waals surface area (Å²) >= 11 is 0. The van der Waals surface area contributed by atoms with Crippen molar-refractivity contribution in [1.29, 1.82) is 0 Å². The van der Waals surface area contributed by atoms with E-state index in [4.69, 9.17) is 0 Å². The van der Waals surface area contributed by atoms with Crippen molar-refractivity contribution in [2.45, 2.75) is 13.8 Å². The molecule has 1 rings (SSSR count). The molecule has 4 heteroatoms. The predicted octanol–water partition coefficient (Wildman–Crippen LogP) is 0.104. The van der Waals surface area contributed by atoms with Crippen LogP contribution in [-0.4, -0.2) is 29.0 Å².